The van der Waals surface area contributed by atoms with Gasteiger partial charge in [0.1, 0.15) is 48.6 Å². The Morgan fingerprint density at radius 3 is 2.86 bits per heavy atom. The molecule has 0 bridgehead atoms. The average Bonchev–Trinajstić information content (AvgIpc) is 3.57. The van der Waals surface area contributed by atoms with Gasteiger partial charge in [0.25, 0.3) is 11.8 Å². The van der Waals surface area contributed by atoms with E-state index in [4.69, 9.17) is 21.0 Å². The fraction of sp³-hybridized carbons (Fsp3) is 0.304. The minimum absolute atomic E-state index is 0.146. The molecule has 3 aromatic heterocycles. The van der Waals surface area contributed by atoms with E-state index in [0.717, 1.165) is 16.2 Å². The van der Waals surface area contributed by atoms with Crippen molar-refractivity contribution in [2.75, 3.05) is 31.0 Å². The van der Waals surface area contributed by atoms with E-state index in [1.165, 1.54) is 36.0 Å². The third kappa shape index (κ3) is 5.83. The lowest BCUT2D eigenvalue weighted by atomic mass is 10.0. The second-order valence-electron chi connectivity index (χ2n) is 8.71. The number of rotatable bonds is 11. The van der Waals surface area contributed by atoms with Crippen molar-refractivity contribution < 1.29 is 38.4 Å². The number of β-lactam (4-membered cyclic amide) rings is 1. The van der Waals surface area contributed by atoms with Gasteiger partial charge in [0.15, 0.2) is 17.0 Å². The zero-order valence-corrected chi connectivity index (χ0v) is 24.2. The zero-order valence-electron chi connectivity index (χ0n) is 21.8. The number of carboxylic acids is 1. The molecule has 16 nitrogen and oxygen atoms in total. The van der Waals surface area contributed by atoms with Gasteiger partial charge in [-0.1, -0.05) is 22.0 Å². The van der Waals surface area contributed by atoms with Gasteiger partial charge in [-0.25, -0.2) is 14.3 Å². The number of hydrogen-bond donors (Lipinski definition) is 3. The first-order valence-electron chi connectivity index (χ1n) is 12.1. The summed E-state index contributed by atoms with van der Waals surface area (Å²) in [5.41, 5.74) is 11.6. The predicted molar refractivity (Wildman–Crippen MR) is 149 cm³/mol. The first-order valence-corrected chi connectivity index (χ1v) is 15.0. The van der Waals surface area contributed by atoms with Crippen LogP contribution in [0.2, 0.25) is 0 Å². The maximum Gasteiger partial charge on any atom is 0.404 e. The summed E-state index contributed by atoms with van der Waals surface area (Å²) in [6.45, 7) is 0.309. The summed E-state index contributed by atoms with van der Waals surface area (Å²) in [7, 11) is 1.26. The SMILES string of the molecule is CO/N=C(\C(=O)N[C@@H]1C(=O)N2C(C(=O)[O-])=C(C[n+]3ccn4nc(SCCOC(N)=O)ccc43)CS[C@H]12)c1csc(N)n1. The van der Waals surface area contributed by atoms with E-state index in [1.54, 1.807) is 27.5 Å². The Morgan fingerprint density at radius 1 is 1.36 bits per heavy atom. The topological polar surface area (TPSA) is 224 Å². The number of carbonyl (C=O) groups excluding carboxylic acids is 4. The fourth-order valence-corrected chi connectivity index (χ4v) is 6.94. The van der Waals surface area contributed by atoms with Crippen LogP contribution in [0.3, 0.4) is 0 Å². The standard InChI is InChI=1S/C23H23N9O7S3/c1-38-29-15(12-10-42-22(24)26-12)18(33)27-16-19(34)32-17(21(35)36)11(9-41-20(16)32)8-30-4-5-31-14(30)3-2-13(28-31)40-7-6-39-23(25)37/h2-5,10,16,20H,6-9H2,1H3,(H5-,24,25,26,27,33,35,36,37)/b29-15-/t16-,20-/m1/s1. The Hall–Kier alpha value is -4.36. The molecule has 220 valence electrons. The van der Waals surface area contributed by atoms with Crippen LogP contribution >= 0.6 is 34.9 Å². The predicted octanol–water partition coefficient (Wildman–Crippen LogP) is -1.70. The van der Waals surface area contributed by atoms with E-state index < -0.39 is 35.3 Å². The van der Waals surface area contributed by atoms with Crippen LogP contribution in [0.1, 0.15) is 5.69 Å². The minimum Gasteiger partial charge on any atom is -0.543 e. The van der Waals surface area contributed by atoms with Crippen molar-refractivity contribution in [2.45, 2.75) is 23.0 Å². The Kier molecular flexibility index (Phi) is 8.50. The molecule has 0 saturated carbocycles. The van der Waals surface area contributed by atoms with E-state index >= 15 is 0 Å². The van der Waals surface area contributed by atoms with Gasteiger partial charge in [0.2, 0.25) is 0 Å². The van der Waals surface area contributed by atoms with Crippen molar-refractivity contribution >= 4 is 75.2 Å². The van der Waals surface area contributed by atoms with Crippen LogP contribution in [-0.4, -0.2) is 85.7 Å². The lowest BCUT2D eigenvalue weighted by Gasteiger charge is -2.50. The number of hydrogen-bond acceptors (Lipinski definition) is 14. The van der Waals surface area contributed by atoms with Gasteiger partial charge < -0.3 is 36.3 Å². The minimum atomic E-state index is -1.49. The van der Waals surface area contributed by atoms with Crippen LogP contribution < -0.4 is 26.5 Å². The number of imidazole rings is 1. The molecule has 1 saturated heterocycles. The molecule has 5 N–H and O–H groups in total. The molecule has 0 radical (unpaired) electrons. The first kappa shape index (κ1) is 29.1. The van der Waals surface area contributed by atoms with E-state index in [-0.39, 0.29) is 41.1 Å². The first-order chi connectivity index (χ1) is 20.2. The number of carboxylic acid groups (broad SMARTS) is 1. The summed E-state index contributed by atoms with van der Waals surface area (Å²) >= 11 is 3.80. The Bertz CT molecular complexity index is 1640. The van der Waals surface area contributed by atoms with Crippen LogP contribution in [-0.2, 0) is 30.5 Å². The number of nitrogens with zero attached hydrogens (tertiary/aromatic N) is 6. The smallest absolute Gasteiger partial charge is 0.404 e. The van der Waals surface area contributed by atoms with E-state index in [2.05, 4.69) is 20.6 Å². The third-order valence-electron chi connectivity index (χ3n) is 6.13. The summed E-state index contributed by atoms with van der Waals surface area (Å²) in [5.74, 6) is -2.06. The number of thioether (sulfide) groups is 2. The number of nitrogens with one attached hydrogen (secondary N) is 1. The molecule has 5 heterocycles. The van der Waals surface area contributed by atoms with Crippen molar-refractivity contribution in [2.24, 2.45) is 10.9 Å². The number of amides is 3. The van der Waals surface area contributed by atoms with Gasteiger partial charge >= 0.3 is 11.7 Å². The molecule has 1 fully saturated rings. The highest BCUT2D eigenvalue weighted by Gasteiger charge is 2.53. The van der Waals surface area contributed by atoms with Gasteiger partial charge in [-0.3, -0.25) is 14.5 Å². The summed E-state index contributed by atoms with van der Waals surface area (Å²) in [6, 6.07) is 2.61. The summed E-state index contributed by atoms with van der Waals surface area (Å²) in [4.78, 5) is 58.9. The maximum absolute atomic E-state index is 13.1. The van der Waals surface area contributed by atoms with Crippen LogP contribution in [0.4, 0.5) is 9.93 Å². The highest BCUT2D eigenvalue weighted by atomic mass is 32.2. The van der Waals surface area contributed by atoms with Gasteiger partial charge in [0.05, 0.1) is 11.7 Å². The molecule has 2 aliphatic rings. The quantitative estimate of drug-likeness (QED) is 0.0537. The maximum atomic E-state index is 13.1. The molecule has 3 amide bonds. The molecular weight excluding hydrogens is 611 g/mol. The van der Waals surface area contributed by atoms with Gasteiger partial charge in [-0.05, 0) is 6.07 Å². The van der Waals surface area contributed by atoms with Gasteiger partial charge in [0, 0.05) is 28.5 Å². The van der Waals surface area contributed by atoms with E-state index in [9.17, 15) is 24.3 Å². The van der Waals surface area contributed by atoms with Gasteiger partial charge in [-0.2, -0.15) is 0 Å². The number of nitrogens with two attached hydrogens (primary N) is 2. The molecule has 3 aromatic rings. The van der Waals surface area contributed by atoms with Crippen LogP contribution in [0.15, 0.2) is 51.4 Å². The van der Waals surface area contributed by atoms with Crippen molar-refractivity contribution in [3.05, 3.63) is 46.9 Å². The lowest BCUT2D eigenvalue weighted by molar-refractivity contribution is -0.662. The van der Waals surface area contributed by atoms with E-state index in [1.807, 2.05) is 6.07 Å². The van der Waals surface area contributed by atoms with Gasteiger partial charge in [-0.15, -0.1) is 27.6 Å². The fourth-order valence-electron chi connectivity index (χ4n) is 4.37. The highest BCUT2D eigenvalue weighted by molar-refractivity contribution is 8.00. The third-order valence-corrected chi connectivity index (χ3v) is 9.02. The molecule has 0 aliphatic carbocycles. The Labute approximate surface area is 249 Å². The van der Waals surface area contributed by atoms with Crippen molar-refractivity contribution in [1.29, 1.82) is 0 Å². The van der Waals surface area contributed by atoms with Crippen LogP contribution in [0.5, 0.6) is 0 Å². The number of anilines is 1. The summed E-state index contributed by atoms with van der Waals surface area (Å²) in [5, 5.41) is 24.8. The zero-order chi connectivity index (χ0) is 30.0. The number of thiazole rings is 1. The Morgan fingerprint density at radius 2 is 2.17 bits per heavy atom. The number of fused-ring (bicyclic) bond motifs is 2. The average molecular weight is 634 g/mol. The molecular formula is C23H23N9O7S3. The van der Waals surface area contributed by atoms with E-state index in [0.29, 0.717) is 22.0 Å². The number of oxime groups is 1. The molecule has 0 aromatic carbocycles. The van der Waals surface area contributed by atoms with Crippen molar-refractivity contribution in [1.82, 2.24) is 24.8 Å². The highest BCUT2D eigenvalue weighted by Crippen LogP contribution is 2.40. The molecule has 19 heteroatoms. The molecule has 2 atom stereocenters. The molecule has 0 unspecified atom stereocenters. The number of ether oxygens (including phenoxy) is 1. The van der Waals surface area contributed by atoms with Crippen LogP contribution in [0.25, 0.3) is 5.65 Å². The van der Waals surface area contributed by atoms with Crippen LogP contribution in [0, 0.1) is 0 Å². The largest absolute Gasteiger partial charge is 0.543 e. The molecule has 42 heavy (non-hydrogen) atoms. The summed E-state index contributed by atoms with van der Waals surface area (Å²) in [6.07, 6.45) is 2.62. The number of primary amides is 1. The van der Waals surface area contributed by atoms with Crippen molar-refractivity contribution in [3.8, 4) is 0 Å². The second-order valence-corrected chi connectivity index (χ2v) is 11.8. The lowest BCUT2D eigenvalue weighted by Crippen LogP contribution is -2.71. The monoisotopic (exact) mass is 633 g/mol. The number of aliphatic carboxylic acids is 1. The molecule has 5 rings (SSSR count). The second kappa shape index (κ2) is 12.2. The normalized spacial score (nSPS) is 18.5. The molecule has 0 spiro atoms. The summed E-state index contributed by atoms with van der Waals surface area (Å²) < 4.78 is 8.15. The number of carbonyl (C=O) groups is 4. The van der Waals surface area contributed by atoms with Crippen molar-refractivity contribution in [3.63, 3.8) is 0 Å². The Balaban J connectivity index is 1.30. The molecule has 2 aliphatic heterocycles. The number of aromatic nitrogens is 4. The number of nitrogen functional groups attached to an aromatic ring is 1.